The molecule has 1 aromatic carbocycles. The van der Waals surface area contributed by atoms with Crippen LogP contribution in [0.1, 0.15) is 5.56 Å². The molecule has 2 nitrogen and oxygen atoms in total. The fourth-order valence-corrected chi connectivity index (χ4v) is 1.68. The van der Waals surface area contributed by atoms with Gasteiger partial charge in [-0.25, -0.2) is 4.99 Å². The Morgan fingerprint density at radius 3 is 2.41 bits per heavy atom. The van der Waals surface area contributed by atoms with Crippen LogP contribution in [0.25, 0.3) is 5.70 Å². The van der Waals surface area contributed by atoms with Gasteiger partial charge in [0, 0.05) is 4.47 Å². The number of hydrogen-bond donors (Lipinski definition) is 1. The van der Waals surface area contributed by atoms with E-state index in [2.05, 4.69) is 26.2 Å². The van der Waals surface area contributed by atoms with Crippen LogP contribution in [-0.2, 0) is 0 Å². The van der Waals surface area contributed by atoms with E-state index in [-0.39, 0.29) is 0 Å². The number of aliphatic imine (C=N–C) groups is 1. The van der Waals surface area contributed by atoms with Gasteiger partial charge in [-0.1, -0.05) is 28.1 Å². The lowest BCUT2D eigenvalue weighted by Gasteiger charge is -2.20. The molecule has 1 atom stereocenters. The van der Waals surface area contributed by atoms with Crippen LogP contribution in [0, 0.1) is 0 Å². The minimum absolute atomic E-state index is 0.318. The molecule has 1 N–H and O–H groups in total. The van der Waals surface area contributed by atoms with E-state index in [9.17, 15) is 13.2 Å². The second kappa shape index (κ2) is 4.52. The SMILES string of the molecule is FC(F)(F)C1C=C(c2ccc(Br)cc2)N=CN1. The van der Waals surface area contributed by atoms with Gasteiger partial charge in [0.15, 0.2) is 0 Å². The van der Waals surface area contributed by atoms with Crippen LogP contribution < -0.4 is 5.32 Å². The number of hydrogen-bond acceptors (Lipinski definition) is 2. The van der Waals surface area contributed by atoms with Crippen molar-refractivity contribution in [3.05, 3.63) is 40.4 Å². The first kappa shape index (κ1) is 12.2. The molecule has 1 aliphatic rings. The van der Waals surface area contributed by atoms with E-state index in [0.29, 0.717) is 11.3 Å². The Morgan fingerprint density at radius 2 is 1.82 bits per heavy atom. The van der Waals surface area contributed by atoms with Crippen LogP contribution in [0.3, 0.4) is 0 Å². The van der Waals surface area contributed by atoms with Gasteiger partial charge in [0.1, 0.15) is 6.04 Å². The molecular formula is C11H8BrF3N2. The molecule has 0 saturated carbocycles. The topological polar surface area (TPSA) is 24.4 Å². The summed E-state index contributed by atoms with van der Waals surface area (Å²) in [6.45, 7) is 0. The maximum absolute atomic E-state index is 12.5. The zero-order valence-corrected chi connectivity index (χ0v) is 10.1. The summed E-state index contributed by atoms with van der Waals surface area (Å²) in [5.41, 5.74) is 0.971. The second-order valence-corrected chi connectivity index (χ2v) is 4.42. The van der Waals surface area contributed by atoms with Crippen LogP contribution in [-0.4, -0.2) is 18.6 Å². The molecule has 0 radical (unpaired) electrons. The molecule has 1 aliphatic heterocycles. The van der Waals surface area contributed by atoms with Crippen LogP contribution >= 0.6 is 15.9 Å². The molecule has 17 heavy (non-hydrogen) atoms. The molecule has 90 valence electrons. The van der Waals surface area contributed by atoms with Crippen molar-refractivity contribution in [2.45, 2.75) is 12.2 Å². The minimum atomic E-state index is -4.31. The van der Waals surface area contributed by atoms with Gasteiger partial charge in [0.25, 0.3) is 0 Å². The maximum Gasteiger partial charge on any atom is 0.412 e. The number of nitrogens with zero attached hydrogens (tertiary/aromatic N) is 1. The predicted octanol–water partition coefficient (Wildman–Crippen LogP) is 3.35. The molecule has 6 heteroatoms. The molecule has 0 saturated heterocycles. The lowest BCUT2D eigenvalue weighted by molar-refractivity contribution is -0.140. The highest BCUT2D eigenvalue weighted by Gasteiger charge is 2.38. The van der Waals surface area contributed by atoms with Crippen LogP contribution in [0.4, 0.5) is 13.2 Å². The predicted molar refractivity (Wildman–Crippen MR) is 63.6 cm³/mol. The molecular weight excluding hydrogens is 297 g/mol. The third-order valence-electron chi connectivity index (χ3n) is 2.27. The highest BCUT2D eigenvalue weighted by atomic mass is 79.9. The minimum Gasteiger partial charge on any atom is -0.362 e. The van der Waals surface area contributed by atoms with Gasteiger partial charge >= 0.3 is 6.18 Å². The van der Waals surface area contributed by atoms with Crippen LogP contribution in [0.5, 0.6) is 0 Å². The largest absolute Gasteiger partial charge is 0.412 e. The van der Waals surface area contributed by atoms with E-state index < -0.39 is 12.2 Å². The molecule has 1 unspecified atom stereocenters. The summed E-state index contributed by atoms with van der Waals surface area (Å²) in [5.74, 6) is 0. The van der Waals surface area contributed by atoms with Gasteiger partial charge in [-0.2, -0.15) is 13.2 Å². The van der Waals surface area contributed by atoms with E-state index in [1.807, 2.05) is 0 Å². The first-order valence-corrected chi connectivity index (χ1v) is 5.59. The Hall–Kier alpha value is -1.30. The number of halogens is 4. The highest BCUT2D eigenvalue weighted by Crippen LogP contribution is 2.27. The lowest BCUT2D eigenvalue weighted by Crippen LogP contribution is -2.41. The van der Waals surface area contributed by atoms with Crippen molar-refractivity contribution in [2.24, 2.45) is 4.99 Å². The molecule has 0 aromatic heterocycles. The summed E-state index contributed by atoms with van der Waals surface area (Å²) in [7, 11) is 0. The monoisotopic (exact) mass is 304 g/mol. The molecule has 1 aromatic rings. The average Bonchev–Trinajstić information content (AvgIpc) is 2.29. The molecule has 0 fully saturated rings. The quantitative estimate of drug-likeness (QED) is 0.845. The van der Waals surface area contributed by atoms with Crippen molar-refractivity contribution in [1.29, 1.82) is 0 Å². The zero-order chi connectivity index (χ0) is 12.5. The average molecular weight is 305 g/mol. The first-order valence-electron chi connectivity index (χ1n) is 4.80. The molecule has 0 spiro atoms. The van der Waals surface area contributed by atoms with Gasteiger partial charge in [-0.3, -0.25) is 0 Å². The van der Waals surface area contributed by atoms with Crippen molar-refractivity contribution in [2.75, 3.05) is 0 Å². The molecule has 1 heterocycles. The summed E-state index contributed by atoms with van der Waals surface area (Å²) >= 11 is 3.26. The summed E-state index contributed by atoms with van der Waals surface area (Å²) in [5, 5.41) is 2.17. The van der Waals surface area contributed by atoms with E-state index >= 15 is 0 Å². The van der Waals surface area contributed by atoms with Gasteiger partial charge < -0.3 is 5.32 Å². The van der Waals surface area contributed by atoms with E-state index in [4.69, 9.17) is 0 Å². The Kier molecular flexibility index (Phi) is 3.24. The van der Waals surface area contributed by atoms with Crippen LogP contribution in [0.2, 0.25) is 0 Å². The van der Waals surface area contributed by atoms with E-state index in [1.165, 1.54) is 0 Å². The van der Waals surface area contributed by atoms with E-state index in [0.717, 1.165) is 16.9 Å². The lowest BCUT2D eigenvalue weighted by atomic mass is 10.1. The fourth-order valence-electron chi connectivity index (χ4n) is 1.42. The zero-order valence-electron chi connectivity index (χ0n) is 8.50. The summed E-state index contributed by atoms with van der Waals surface area (Å²) in [6, 6.07) is 5.27. The fraction of sp³-hybridized carbons (Fsp3) is 0.182. The van der Waals surface area contributed by atoms with Gasteiger partial charge in [-0.15, -0.1) is 0 Å². The first-order chi connectivity index (χ1) is 7.97. The Balaban J connectivity index is 2.29. The third kappa shape index (κ3) is 2.88. The number of alkyl halides is 3. The molecule has 2 rings (SSSR count). The maximum atomic E-state index is 12.5. The summed E-state index contributed by atoms with van der Waals surface area (Å²) in [4.78, 5) is 3.90. The van der Waals surface area contributed by atoms with E-state index in [1.54, 1.807) is 24.3 Å². The van der Waals surface area contributed by atoms with Crippen molar-refractivity contribution in [3.8, 4) is 0 Å². The molecule has 0 amide bonds. The smallest absolute Gasteiger partial charge is 0.362 e. The number of nitrogens with one attached hydrogen (secondary N) is 1. The Morgan fingerprint density at radius 1 is 1.18 bits per heavy atom. The van der Waals surface area contributed by atoms with Crippen molar-refractivity contribution < 1.29 is 13.2 Å². The summed E-state index contributed by atoms with van der Waals surface area (Å²) in [6.07, 6.45) is -2.16. The standard InChI is InChI=1S/C11H8BrF3N2/c12-8-3-1-7(2-4-8)9-5-10(11(13,14)15)17-6-16-9/h1-6,10H,(H,16,17). The van der Waals surface area contributed by atoms with Crippen LogP contribution in [0.15, 0.2) is 39.8 Å². The van der Waals surface area contributed by atoms with Gasteiger partial charge in [-0.05, 0) is 23.8 Å². The van der Waals surface area contributed by atoms with Crippen molar-refractivity contribution >= 4 is 28.0 Å². The Labute approximate surface area is 104 Å². The Bertz CT molecular complexity index is 463. The van der Waals surface area contributed by atoms with Crippen molar-refractivity contribution in [3.63, 3.8) is 0 Å². The normalized spacial score (nSPS) is 19.8. The van der Waals surface area contributed by atoms with Gasteiger partial charge in [0.2, 0.25) is 0 Å². The van der Waals surface area contributed by atoms with Crippen molar-refractivity contribution in [1.82, 2.24) is 5.32 Å². The second-order valence-electron chi connectivity index (χ2n) is 3.50. The summed E-state index contributed by atoms with van der Waals surface area (Å²) < 4.78 is 38.4. The molecule has 0 aliphatic carbocycles. The van der Waals surface area contributed by atoms with Gasteiger partial charge in [0.05, 0.1) is 12.0 Å². The number of benzene rings is 1. The third-order valence-corrected chi connectivity index (χ3v) is 2.80. The molecule has 0 bridgehead atoms. The number of rotatable bonds is 1. The highest BCUT2D eigenvalue weighted by molar-refractivity contribution is 9.10.